The van der Waals surface area contributed by atoms with E-state index >= 15 is 0 Å². The van der Waals surface area contributed by atoms with Gasteiger partial charge in [-0.1, -0.05) is 6.07 Å². The van der Waals surface area contributed by atoms with Gasteiger partial charge < -0.3 is 15.4 Å². The number of carbonyl (C=O) groups excluding carboxylic acids is 1. The number of carbonyl (C=O) groups is 1. The Hall–Kier alpha value is -4.01. The molecular weight excluding hydrogens is 447 g/mol. The summed E-state index contributed by atoms with van der Waals surface area (Å²) >= 11 is 0. The second-order valence-electron chi connectivity index (χ2n) is 8.79. The highest BCUT2D eigenvalue weighted by Crippen LogP contribution is 2.27. The van der Waals surface area contributed by atoms with Gasteiger partial charge in [-0.25, -0.2) is 19.0 Å². The average molecular weight is 475 g/mol. The van der Waals surface area contributed by atoms with E-state index in [9.17, 15) is 9.18 Å². The SMILES string of the molecule is COc1ccc(-n2ncc3c(NC4CCC(NC(=O)c5cccc(F)c5)CC4)nc(C)nc32)cc1. The zero-order valence-electron chi connectivity index (χ0n) is 19.7. The Morgan fingerprint density at radius 3 is 2.51 bits per heavy atom. The molecule has 0 saturated heterocycles. The Morgan fingerprint density at radius 1 is 1.06 bits per heavy atom. The van der Waals surface area contributed by atoms with Crippen molar-refractivity contribution in [1.29, 1.82) is 0 Å². The summed E-state index contributed by atoms with van der Waals surface area (Å²) in [6.07, 6.45) is 5.21. The van der Waals surface area contributed by atoms with Crippen molar-refractivity contribution in [1.82, 2.24) is 25.1 Å². The van der Waals surface area contributed by atoms with Crippen molar-refractivity contribution in [3.63, 3.8) is 0 Å². The number of methoxy groups -OCH3 is 1. The van der Waals surface area contributed by atoms with Crippen LogP contribution in [0.4, 0.5) is 10.2 Å². The highest BCUT2D eigenvalue weighted by atomic mass is 19.1. The minimum atomic E-state index is -0.410. The smallest absolute Gasteiger partial charge is 0.251 e. The van der Waals surface area contributed by atoms with Crippen molar-refractivity contribution in [2.75, 3.05) is 12.4 Å². The number of benzene rings is 2. The number of hydrogen-bond acceptors (Lipinski definition) is 6. The number of hydrogen-bond donors (Lipinski definition) is 2. The van der Waals surface area contributed by atoms with E-state index in [1.54, 1.807) is 30.1 Å². The first-order valence-electron chi connectivity index (χ1n) is 11.7. The van der Waals surface area contributed by atoms with Crippen molar-refractivity contribution in [3.05, 3.63) is 71.9 Å². The molecule has 2 aromatic heterocycles. The van der Waals surface area contributed by atoms with Gasteiger partial charge in [0.2, 0.25) is 0 Å². The lowest BCUT2D eigenvalue weighted by Crippen LogP contribution is -2.40. The molecule has 4 aromatic rings. The van der Waals surface area contributed by atoms with Crippen LogP contribution in [0.2, 0.25) is 0 Å². The number of aryl methyl sites for hydroxylation is 1. The molecule has 5 rings (SSSR count). The summed E-state index contributed by atoms with van der Waals surface area (Å²) in [6.45, 7) is 1.87. The van der Waals surface area contributed by atoms with Crippen LogP contribution in [0.25, 0.3) is 16.7 Å². The van der Waals surface area contributed by atoms with Crippen LogP contribution in [0.3, 0.4) is 0 Å². The zero-order valence-corrected chi connectivity index (χ0v) is 19.7. The van der Waals surface area contributed by atoms with Crippen LogP contribution < -0.4 is 15.4 Å². The molecule has 35 heavy (non-hydrogen) atoms. The van der Waals surface area contributed by atoms with E-state index in [4.69, 9.17) is 4.74 Å². The third-order valence-electron chi connectivity index (χ3n) is 6.35. The fraction of sp³-hybridized carbons (Fsp3) is 0.308. The summed E-state index contributed by atoms with van der Waals surface area (Å²) in [5.41, 5.74) is 1.97. The molecule has 0 radical (unpaired) electrons. The summed E-state index contributed by atoms with van der Waals surface area (Å²) in [7, 11) is 1.64. The fourth-order valence-corrected chi connectivity index (χ4v) is 4.51. The van der Waals surface area contributed by atoms with Gasteiger partial charge in [0, 0.05) is 17.6 Å². The lowest BCUT2D eigenvalue weighted by atomic mass is 9.91. The van der Waals surface area contributed by atoms with Crippen molar-refractivity contribution in [2.24, 2.45) is 0 Å². The van der Waals surface area contributed by atoms with Gasteiger partial charge in [0.15, 0.2) is 5.65 Å². The molecule has 1 saturated carbocycles. The number of nitrogens with one attached hydrogen (secondary N) is 2. The molecule has 2 N–H and O–H groups in total. The highest BCUT2D eigenvalue weighted by Gasteiger charge is 2.24. The Morgan fingerprint density at radius 2 is 1.80 bits per heavy atom. The Balaban J connectivity index is 1.26. The van der Waals surface area contributed by atoms with E-state index in [-0.39, 0.29) is 18.0 Å². The van der Waals surface area contributed by atoms with Crippen LogP contribution in [0.1, 0.15) is 41.9 Å². The van der Waals surface area contributed by atoms with Gasteiger partial charge in [0.25, 0.3) is 5.91 Å². The van der Waals surface area contributed by atoms with Crippen LogP contribution in [0.5, 0.6) is 5.75 Å². The normalized spacial score (nSPS) is 17.8. The first-order valence-corrected chi connectivity index (χ1v) is 11.7. The van der Waals surface area contributed by atoms with Crippen molar-refractivity contribution in [2.45, 2.75) is 44.7 Å². The predicted octanol–water partition coefficient (Wildman–Crippen LogP) is 4.42. The number of aromatic nitrogens is 4. The molecule has 2 heterocycles. The molecule has 0 unspecified atom stereocenters. The number of rotatable bonds is 6. The van der Waals surface area contributed by atoms with E-state index in [0.717, 1.165) is 54.0 Å². The van der Waals surface area contributed by atoms with Gasteiger partial charge in [-0.05, 0) is 75.1 Å². The molecular formula is C26H27FN6O2. The standard InChI is InChI=1S/C26H27FN6O2/c1-16-29-24(23-15-28-33(25(23)30-16)21-10-12-22(35-2)13-11-21)31-19-6-8-20(9-7-19)32-26(34)17-4-3-5-18(27)14-17/h3-5,10-15,19-20H,6-9H2,1-2H3,(H,32,34)(H,29,30,31). The van der Waals surface area contributed by atoms with Gasteiger partial charge in [-0.2, -0.15) is 5.10 Å². The summed E-state index contributed by atoms with van der Waals surface area (Å²) in [6, 6.07) is 13.7. The maximum Gasteiger partial charge on any atom is 0.251 e. The molecule has 180 valence electrons. The Labute approximate surface area is 202 Å². The third kappa shape index (κ3) is 4.94. The Bertz CT molecular complexity index is 1350. The van der Waals surface area contributed by atoms with Gasteiger partial charge in [-0.15, -0.1) is 0 Å². The Kier molecular flexibility index (Phi) is 6.31. The number of fused-ring (bicyclic) bond motifs is 1. The highest BCUT2D eigenvalue weighted by molar-refractivity contribution is 5.94. The first-order chi connectivity index (χ1) is 17.0. The largest absolute Gasteiger partial charge is 0.497 e. The molecule has 1 aliphatic carbocycles. The number of amides is 1. The van der Waals surface area contributed by atoms with Crippen LogP contribution in [0, 0.1) is 12.7 Å². The molecule has 0 bridgehead atoms. The van der Waals surface area contributed by atoms with Crippen molar-refractivity contribution < 1.29 is 13.9 Å². The minimum Gasteiger partial charge on any atom is -0.497 e. The average Bonchev–Trinajstić information content (AvgIpc) is 3.29. The summed E-state index contributed by atoms with van der Waals surface area (Å²) in [4.78, 5) is 21.7. The lowest BCUT2D eigenvalue weighted by molar-refractivity contribution is 0.0926. The molecule has 0 atom stereocenters. The van der Waals surface area contributed by atoms with Gasteiger partial charge in [-0.3, -0.25) is 4.79 Å². The topological polar surface area (TPSA) is 94.0 Å². The van der Waals surface area contributed by atoms with Crippen molar-refractivity contribution in [3.8, 4) is 11.4 Å². The molecule has 2 aromatic carbocycles. The van der Waals surface area contributed by atoms with Crippen molar-refractivity contribution >= 4 is 22.8 Å². The van der Waals surface area contributed by atoms with Crippen LogP contribution in [0.15, 0.2) is 54.7 Å². The molecule has 0 spiro atoms. The maximum atomic E-state index is 13.4. The van der Waals surface area contributed by atoms with Crippen LogP contribution >= 0.6 is 0 Å². The first kappa shape index (κ1) is 22.8. The minimum absolute atomic E-state index is 0.0637. The molecule has 1 amide bonds. The molecule has 0 aliphatic heterocycles. The zero-order chi connectivity index (χ0) is 24.4. The summed E-state index contributed by atoms with van der Waals surface area (Å²) < 4.78 is 20.5. The van der Waals surface area contributed by atoms with Crippen LogP contribution in [-0.2, 0) is 0 Å². The number of halogens is 1. The second kappa shape index (κ2) is 9.69. The number of anilines is 1. The van der Waals surface area contributed by atoms with Gasteiger partial charge in [0.05, 0.1) is 24.4 Å². The van der Waals surface area contributed by atoms with Crippen LogP contribution in [-0.4, -0.2) is 44.8 Å². The predicted molar refractivity (Wildman–Crippen MR) is 131 cm³/mol. The number of ether oxygens (including phenoxy) is 1. The monoisotopic (exact) mass is 474 g/mol. The molecule has 1 aliphatic rings. The van der Waals surface area contributed by atoms with E-state index in [1.165, 1.54) is 12.1 Å². The maximum absolute atomic E-state index is 13.4. The third-order valence-corrected chi connectivity index (χ3v) is 6.35. The summed E-state index contributed by atoms with van der Waals surface area (Å²) in [5.74, 6) is 1.55. The van der Waals surface area contributed by atoms with E-state index in [0.29, 0.717) is 11.4 Å². The van der Waals surface area contributed by atoms with E-state index in [2.05, 4.69) is 25.7 Å². The molecule has 9 heteroatoms. The molecule has 1 fully saturated rings. The van der Waals surface area contributed by atoms with E-state index in [1.807, 2.05) is 31.2 Å². The number of nitrogens with zero attached hydrogens (tertiary/aromatic N) is 4. The molecule has 8 nitrogen and oxygen atoms in total. The lowest BCUT2D eigenvalue weighted by Gasteiger charge is -2.30. The second-order valence-corrected chi connectivity index (χ2v) is 8.79. The fourth-order valence-electron chi connectivity index (χ4n) is 4.51. The quantitative estimate of drug-likeness (QED) is 0.430. The van der Waals surface area contributed by atoms with E-state index < -0.39 is 5.82 Å². The summed E-state index contributed by atoms with van der Waals surface area (Å²) in [5, 5.41) is 12.0. The van der Waals surface area contributed by atoms with Gasteiger partial charge >= 0.3 is 0 Å². The van der Waals surface area contributed by atoms with Gasteiger partial charge in [0.1, 0.15) is 23.2 Å².